The molecule has 0 bridgehead atoms. The highest BCUT2D eigenvalue weighted by Gasteiger charge is 2.14. The Labute approximate surface area is 117 Å². The maximum atomic E-state index is 13.1. The first-order chi connectivity index (χ1) is 9.31. The molecule has 0 aromatic heterocycles. The topological polar surface area (TPSA) is 62.1 Å². The van der Waals surface area contributed by atoms with Crippen LogP contribution < -0.4 is 5.32 Å². The van der Waals surface area contributed by atoms with Gasteiger partial charge in [0.1, 0.15) is 17.5 Å². The van der Waals surface area contributed by atoms with E-state index in [2.05, 4.69) is 5.32 Å². The van der Waals surface area contributed by atoms with Gasteiger partial charge >= 0.3 is 6.09 Å². The van der Waals surface area contributed by atoms with Crippen LogP contribution in [0.5, 0.6) is 0 Å². The number of rotatable bonds is 3. The molecule has 0 atom stereocenters. The minimum Gasteiger partial charge on any atom is -0.444 e. The molecular formula is C15H17FN2O2. The van der Waals surface area contributed by atoms with Crippen molar-refractivity contribution in [3.63, 3.8) is 0 Å². The Balaban J connectivity index is 2.50. The molecule has 5 heteroatoms. The molecule has 0 fully saturated rings. The number of benzene rings is 1. The molecular weight excluding hydrogens is 259 g/mol. The Morgan fingerprint density at radius 1 is 1.50 bits per heavy atom. The smallest absolute Gasteiger partial charge is 0.407 e. The molecule has 1 aromatic carbocycles. The molecule has 0 saturated carbocycles. The van der Waals surface area contributed by atoms with Gasteiger partial charge in [-0.3, -0.25) is 0 Å². The van der Waals surface area contributed by atoms with Crippen molar-refractivity contribution in [1.29, 1.82) is 5.26 Å². The van der Waals surface area contributed by atoms with Crippen LogP contribution in [0.4, 0.5) is 9.18 Å². The zero-order valence-corrected chi connectivity index (χ0v) is 11.7. The molecule has 0 heterocycles. The Bertz CT molecular complexity index is 554. The van der Waals surface area contributed by atoms with Gasteiger partial charge in [0, 0.05) is 6.54 Å². The second-order valence-electron chi connectivity index (χ2n) is 5.14. The van der Waals surface area contributed by atoms with Crippen LogP contribution in [0.2, 0.25) is 0 Å². The minimum absolute atomic E-state index is 0.00717. The fourth-order valence-corrected chi connectivity index (χ4v) is 1.38. The predicted octanol–water partition coefficient (Wildman–Crippen LogP) is 3.24. The van der Waals surface area contributed by atoms with Gasteiger partial charge in [-0.15, -0.1) is 0 Å². The lowest BCUT2D eigenvalue weighted by atomic mass is 10.1. The van der Waals surface area contributed by atoms with Crippen LogP contribution in [0, 0.1) is 17.1 Å². The van der Waals surface area contributed by atoms with Crippen molar-refractivity contribution in [3.8, 4) is 6.07 Å². The summed E-state index contributed by atoms with van der Waals surface area (Å²) in [6.45, 7) is 5.63. The highest BCUT2D eigenvalue weighted by molar-refractivity contribution is 5.68. The molecule has 0 spiro atoms. The lowest BCUT2D eigenvalue weighted by Crippen LogP contribution is -2.32. The third-order valence-electron chi connectivity index (χ3n) is 2.18. The lowest BCUT2D eigenvalue weighted by molar-refractivity contribution is 0.0534. The Morgan fingerprint density at radius 3 is 2.80 bits per heavy atom. The molecule has 106 valence electrons. The second-order valence-corrected chi connectivity index (χ2v) is 5.14. The predicted molar refractivity (Wildman–Crippen MR) is 74.4 cm³/mol. The zero-order valence-electron chi connectivity index (χ0n) is 11.7. The molecule has 1 N–H and O–H groups in total. The van der Waals surface area contributed by atoms with Crippen LogP contribution in [-0.4, -0.2) is 18.2 Å². The number of nitrogens with zero attached hydrogens (tertiary/aromatic N) is 1. The quantitative estimate of drug-likeness (QED) is 0.921. The Kier molecular flexibility index (Phi) is 5.27. The van der Waals surface area contributed by atoms with Gasteiger partial charge in [0.15, 0.2) is 0 Å². The van der Waals surface area contributed by atoms with Crippen LogP contribution in [0.25, 0.3) is 6.08 Å². The summed E-state index contributed by atoms with van der Waals surface area (Å²) < 4.78 is 18.2. The summed E-state index contributed by atoms with van der Waals surface area (Å²) in [6, 6.07) is 6.01. The van der Waals surface area contributed by atoms with Crippen molar-refractivity contribution in [1.82, 2.24) is 5.32 Å². The number of carbonyl (C=O) groups excluding carboxylic acids is 1. The average molecular weight is 276 g/mol. The van der Waals surface area contributed by atoms with E-state index in [0.717, 1.165) is 0 Å². The number of hydrogen-bond acceptors (Lipinski definition) is 3. The summed E-state index contributed by atoms with van der Waals surface area (Å²) in [5.74, 6) is -0.545. The first kappa shape index (κ1) is 15.7. The van der Waals surface area contributed by atoms with E-state index in [1.807, 2.05) is 0 Å². The van der Waals surface area contributed by atoms with Gasteiger partial charge in [-0.25, -0.2) is 9.18 Å². The minimum atomic E-state index is -0.545. The number of carbonyl (C=O) groups is 1. The number of ether oxygens (including phenoxy) is 1. The van der Waals surface area contributed by atoms with E-state index in [9.17, 15) is 9.18 Å². The first-order valence-corrected chi connectivity index (χ1v) is 6.15. The van der Waals surface area contributed by atoms with Crippen LogP contribution >= 0.6 is 0 Å². The van der Waals surface area contributed by atoms with E-state index >= 15 is 0 Å². The van der Waals surface area contributed by atoms with Crippen LogP contribution in [0.1, 0.15) is 31.9 Å². The van der Waals surface area contributed by atoms with Crippen molar-refractivity contribution in [2.24, 2.45) is 0 Å². The van der Waals surface area contributed by atoms with Gasteiger partial charge in [0.25, 0.3) is 0 Å². The van der Waals surface area contributed by atoms with Gasteiger partial charge in [-0.1, -0.05) is 18.2 Å². The molecule has 0 aliphatic carbocycles. The number of alkyl carbamates (subject to hydrolysis) is 1. The van der Waals surface area contributed by atoms with Crippen molar-refractivity contribution in [2.45, 2.75) is 26.4 Å². The van der Waals surface area contributed by atoms with E-state index in [4.69, 9.17) is 10.00 Å². The van der Waals surface area contributed by atoms with Crippen molar-refractivity contribution in [3.05, 3.63) is 41.2 Å². The molecule has 1 aromatic rings. The molecule has 1 amide bonds. The molecule has 1 rings (SSSR count). The van der Waals surface area contributed by atoms with Crippen LogP contribution in [0.3, 0.4) is 0 Å². The number of nitriles is 1. The fourth-order valence-electron chi connectivity index (χ4n) is 1.38. The molecule has 0 saturated heterocycles. The lowest BCUT2D eigenvalue weighted by Gasteiger charge is -2.19. The van der Waals surface area contributed by atoms with Gasteiger partial charge in [0.05, 0.1) is 5.56 Å². The van der Waals surface area contributed by atoms with Gasteiger partial charge in [-0.05, 0) is 38.5 Å². The molecule has 20 heavy (non-hydrogen) atoms. The summed E-state index contributed by atoms with van der Waals surface area (Å²) >= 11 is 0. The molecule has 0 radical (unpaired) electrons. The van der Waals surface area contributed by atoms with E-state index < -0.39 is 17.5 Å². The zero-order chi connectivity index (χ0) is 15.2. The molecule has 0 aliphatic heterocycles. The third-order valence-corrected chi connectivity index (χ3v) is 2.18. The summed E-state index contributed by atoms with van der Waals surface area (Å²) in [5.41, 5.74) is 0.146. The van der Waals surface area contributed by atoms with E-state index in [-0.39, 0.29) is 12.1 Å². The highest BCUT2D eigenvalue weighted by Crippen LogP contribution is 2.10. The standard InChI is InChI=1S/C15H17FN2O2/c1-15(2,3)20-14(19)18-8-4-5-11-6-7-13(16)12(9-11)10-17/h4-7,9H,8H2,1-3H3,(H,18,19). The SMILES string of the molecule is CC(C)(C)OC(=O)NCC=Cc1ccc(F)c(C#N)c1. The summed E-state index contributed by atoms with van der Waals surface area (Å²) in [7, 11) is 0. The number of amides is 1. The van der Waals surface area contributed by atoms with Crippen molar-refractivity contribution in [2.75, 3.05) is 6.54 Å². The first-order valence-electron chi connectivity index (χ1n) is 6.15. The van der Waals surface area contributed by atoms with Gasteiger partial charge in [-0.2, -0.15) is 5.26 Å². The average Bonchev–Trinajstić information content (AvgIpc) is 2.34. The van der Waals surface area contributed by atoms with E-state index in [0.29, 0.717) is 5.56 Å². The number of hydrogen-bond donors (Lipinski definition) is 1. The van der Waals surface area contributed by atoms with Crippen LogP contribution in [0.15, 0.2) is 24.3 Å². The van der Waals surface area contributed by atoms with Crippen molar-refractivity contribution >= 4 is 12.2 Å². The van der Waals surface area contributed by atoms with E-state index in [1.54, 1.807) is 45.1 Å². The summed E-state index contributed by atoms with van der Waals surface area (Å²) in [5, 5.41) is 11.3. The monoisotopic (exact) mass is 276 g/mol. The number of halogens is 1. The maximum absolute atomic E-state index is 13.1. The molecule has 0 aliphatic rings. The molecule has 4 nitrogen and oxygen atoms in total. The second kappa shape index (κ2) is 6.71. The Morgan fingerprint density at radius 2 is 2.20 bits per heavy atom. The van der Waals surface area contributed by atoms with Gasteiger partial charge in [0.2, 0.25) is 0 Å². The van der Waals surface area contributed by atoms with Gasteiger partial charge < -0.3 is 10.1 Å². The maximum Gasteiger partial charge on any atom is 0.407 e. The normalized spacial score (nSPS) is 11.2. The largest absolute Gasteiger partial charge is 0.444 e. The highest BCUT2D eigenvalue weighted by atomic mass is 19.1. The van der Waals surface area contributed by atoms with Crippen LogP contribution in [-0.2, 0) is 4.74 Å². The molecule has 0 unspecified atom stereocenters. The Hall–Kier alpha value is -2.35. The van der Waals surface area contributed by atoms with Crippen molar-refractivity contribution < 1.29 is 13.9 Å². The summed E-state index contributed by atoms with van der Waals surface area (Å²) in [4.78, 5) is 11.4. The number of nitrogens with one attached hydrogen (secondary N) is 1. The third kappa shape index (κ3) is 5.53. The fraction of sp³-hybridized carbons (Fsp3) is 0.333. The summed E-state index contributed by atoms with van der Waals surface area (Å²) in [6.07, 6.45) is 2.88. The van der Waals surface area contributed by atoms with E-state index in [1.165, 1.54) is 12.1 Å².